The average molecular weight is 203 g/mol. The van der Waals surface area contributed by atoms with E-state index in [0.717, 1.165) is 5.75 Å². The lowest BCUT2D eigenvalue weighted by Crippen LogP contribution is -2.40. The Morgan fingerprint density at radius 3 is 2.54 bits per heavy atom. The van der Waals surface area contributed by atoms with Crippen molar-refractivity contribution in [2.24, 2.45) is 5.41 Å². The van der Waals surface area contributed by atoms with Crippen LogP contribution in [0.2, 0.25) is 0 Å². The SMILES string of the molecule is CSCC1NC(C(C)(C)C)OC1=O. The topological polar surface area (TPSA) is 38.3 Å². The summed E-state index contributed by atoms with van der Waals surface area (Å²) >= 11 is 1.65. The largest absolute Gasteiger partial charge is 0.445 e. The van der Waals surface area contributed by atoms with Crippen LogP contribution < -0.4 is 5.32 Å². The summed E-state index contributed by atoms with van der Waals surface area (Å²) in [5.41, 5.74) is -0.0250. The Hall–Kier alpha value is -0.220. The monoisotopic (exact) mass is 203 g/mol. The van der Waals surface area contributed by atoms with Crippen LogP contribution in [0.4, 0.5) is 0 Å². The van der Waals surface area contributed by atoms with E-state index in [-0.39, 0.29) is 23.7 Å². The highest BCUT2D eigenvalue weighted by Crippen LogP contribution is 2.25. The first-order valence-electron chi connectivity index (χ1n) is 4.40. The molecule has 0 aromatic heterocycles. The summed E-state index contributed by atoms with van der Waals surface area (Å²) in [4.78, 5) is 11.3. The molecule has 0 bridgehead atoms. The van der Waals surface area contributed by atoms with Crippen molar-refractivity contribution in [2.75, 3.05) is 12.0 Å². The maximum Gasteiger partial charge on any atom is 0.325 e. The van der Waals surface area contributed by atoms with E-state index in [9.17, 15) is 4.79 Å². The van der Waals surface area contributed by atoms with E-state index in [0.29, 0.717) is 0 Å². The third kappa shape index (κ3) is 2.61. The van der Waals surface area contributed by atoms with Crippen LogP contribution in [0.3, 0.4) is 0 Å². The van der Waals surface area contributed by atoms with Crippen LogP contribution in [0, 0.1) is 5.41 Å². The van der Waals surface area contributed by atoms with Crippen LogP contribution in [-0.2, 0) is 9.53 Å². The third-order valence-electron chi connectivity index (χ3n) is 1.99. The zero-order chi connectivity index (χ0) is 10.1. The Morgan fingerprint density at radius 2 is 2.15 bits per heavy atom. The predicted molar refractivity (Wildman–Crippen MR) is 54.6 cm³/mol. The number of carbonyl (C=O) groups is 1. The highest BCUT2D eigenvalue weighted by molar-refractivity contribution is 7.98. The van der Waals surface area contributed by atoms with E-state index in [2.05, 4.69) is 26.1 Å². The van der Waals surface area contributed by atoms with Crippen LogP contribution >= 0.6 is 11.8 Å². The summed E-state index contributed by atoms with van der Waals surface area (Å²) < 4.78 is 5.23. The Morgan fingerprint density at radius 1 is 1.54 bits per heavy atom. The van der Waals surface area contributed by atoms with Crippen LogP contribution in [0.15, 0.2) is 0 Å². The molecule has 1 saturated heterocycles. The molecule has 2 unspecified atom stereocenters. The van der Waals surface area contributed by atoms with E-state index in [1.165, 1.54) is 0 Å². The first kappa shape index (κ1) is 10.9. The molecule has 0 aromatic rings. The Bertz CT molecular complexity index is 200. The number of esters is 1. The van der Waals surface area contributed by atoms with Gasteiger partial charge in [-0.05, 0) is 6.26 Å². The molecule has 4 heteroatoms. The van der Waals surface area contributed by atoms with Gasteiger partial charge in [-0.15, -0.1) is 0 Å². The molecule has 3 nitrogen and oxygen atoms in total. The van der Waals surface area contributed by atoms with Gasteiger partial charge in [-0.25, -0.2) is 0 Å². The molecule has 1 aliphatic rings. The predicted octanol–water partition coefficient (Wildman–Crippen LogP) is 1.24. The Labute approximate surface area is 83.6 Å². The lowest BCUT2D eigenvalue weighted by molar-refractivity contribution is -0.145. The summed E-state index contributed by atoms with van der Waals surface area (Å²) in [5, 5.41) is 3.19. The van der Waals surface area contributed by atoms with Gasteiger partial charge in [0.25, 0.3) is 0 Å². The van der Waals surface area contributed by atoms with Crippen molar-refractivity contribution in [1.82, 2.24) is 5.32 Å². The second-order valence-electron chi connectivity index (χ2n) is 4.36. The maximum absolute atomic E-state index is 11.3. The molecule has 0 saturated carbocycles. The van der Waals surface area contributed by atoms with Gasteiger partial charge < -0.3 is 4.74 Å². The Balaban J connectivity index is 2.55. The van der Waals surface area contributed by atoms with Crippen LogP contribution in [0.25, 0.3) is 0 Å². The van der Waals surface area contributed by atoms with Crippen molar-refractivity contribution < 1.29 is 9.53 Å². The molecule has 0 radical (unpaired) electrons. The van der Waals surface area contributed by atoms with Gasteiger partial charge >= 0.3 is 5.97 Å². The zero-order valence-corrected chi connectivity index (χ0v) is 9.40. The number of rotatable bonds is 2. The molecule has 0 aliphatic carbocycles. The van der Waals surface area contributed by atoms with Gasteiger partial charge in [-0.3, -0.25) is 10.1 Å². The van der Waals surface area contributed by atoms with Crippen molar-refractivity contribution in [1.29, 1.82) is 0 Å². The van der Waals surface area contributed by atoms with Gasteiger partial charge in [0.2, 0.25) is 0 Å². The molecule has 13 heavy (non-hydrogen) atoms. The molecule has 1 heterocycles. The van der Waals surface area contributed by atoms with Crippen molar-refractivity contribution in [3.63, 3.8) is 0 Å². The average Bonchev–Trinajstić information content (AvgIpc) is 2.32. The molecule has 1 aliphatic heterocycles. The number of carbonyl (C=O) groups excluding carboxylic acids is 1. The summed E-state index contributed by atoms with van der Waals surface area (Å²) in [6, 6.07) is -0.126. The molecular formula is C9H17NO2S. The summed E-state index contributed by atoms with van der Waals surface area (Å²) in [6.07, 6.45) is 1.84. The number of nitrogens with one attached hydrogen (secondary N) is 1. The van der Waals surface area contributed by atoms with Gasteiger partial charge in [-0.1, -0.05) is 20.8 Å². The van der Waals surface area contributed by atoms with E-state index < -0.39 is 0 Å². The minimum absolute atomic E-state index is 0.0250. The molecule has 0 spiro atoms. The van der Waals surface area contributed by atoms with E-state index in [1.54, 1.807) is 11.8 Å². The first-order chi connectivity index (χ1) is 5.95. The highest BCUT2D eigenvalue weighted by Gasteiger charge is 2.39. The summed E-state index contributed by atoms with van der Waals surface area (Å²) in [5.74, 6) is 0.667. The quantitative estimate of drug-likeness (QED) is 0.685. The number of hydrogen-bond acceptors (Lipinski definition) is 4. The fourth-order valence-electron chi connectivity index (χ4n) is 1.19. The van der Waals surface area contributed by atoms with Gasteiger partial charge in [0.15, 0.2) is 6.23 Å². The van der Waals surface area contributed by atoms with Crippen molar-refractivity contribution in [3.8, 4) is 0 Å². The number of hydrogen-bond donors (Lipinski definition) is 1. The smallest absolute Gasteiger partial charge is 0.325 e. The van der Waals surface area contributed by atoms with E-state index in [1.807, 2.05) is 6.26 Å². The van der Waals surface area contributed by atoms with Crippen LogP contribution in [0.5, 0.6) is 0 Å². The molecule has 76 valence electrons. The van der Waals surface area contributed by atoms with Crippen LogP contribution in [-0.4, -0.2) is 30.2 Å². The number of thioether (sulfide) groups is 1. The highest BCUT2D eigenvalue weighted by atomic mass is 32.2. The van der Waals surface area contributed by atoms with Crippen LogP contribution in [0.1, 0.15) is 20.8 Å². The number of cyclic esters (lactones) is 1. The zero-order valence-electron chi connectivity index (χ0n) is 8.59. The molecule has 1 fully saturated rings. The fraction of sp³-hybridized carbons (Fsp3) is 0.889. The normalized spacial score (nSPS) is 29.1. The molecule has 0 amide bonds. The minimum Gasteiger partial charge on any atom is -0.445 e. The Kier molecular flexibility index (Phi) is 3.24. The lowest BCUT2D eigenvalue weighted by Gasteiger charge is -2.25. The second kappa shape index (κ2) is 3.88. The van der Waals surface area contributed by atoms with E-state index in [4.69, 9.17) is 4.74 Å². The van der Waals surface area contributed by atoms with Gasteiger partial charge in [0, 0.05) is 11.2 Å². The minimum atomic E-state index is -0.142. The third-order valence-corrected chi connectivity index (χ3v) is 2.66. The van der Waals surface area contributed by atoms with Gasteiger partial charge in [0.05, 0.1) is 0 Å². The van der Waals surface area contributed by atoms with Crippen molar-refractivity contribution >= 4 is 17.7 Å². The molecule has 0 aromatic carbocycles. The lowest BCUT2D eigenvalue weighted by atomic mass is 9.94. The van der Waals surface area contributed by atoms with Crippen molar-refractivity contribution in [3.05, 3.63) is 0 Å². The summed E-state index contributed by atoms with van der Waals surface area (Å²) in [7, 11) is 0. The summed E-state index contributed by atoms with van der Waals surface area (Å²) in [6.45, 7) is 6.16. The molecule has 1 N–H and O–H groups in total. The maximum atomic E-state index is 11.3. The standard InChI is InChI=1S/C9H17NO2S/c1-9(2,3)8-10-6(5-13-4)7(11)12-8/h6,8,10H,5H2,1-4H3. The molecule has 2 atom stereocenters. The van der Waals surface area contributed by atoms with Gasteiger partial charge in [0.1, 0.15) is 6.04 Å². The first-order valence-corrected chi connectivity index (χ1v) is 5.80. The molecule has 1 rings (SSSR count). The number of ether oxygens (including phenoxy) is 1. The fourth-order valence-corrected chi connectivity index (χ4v) is 1.76. The van der Waals surface area contributed by atoms with Gasteiger partial charge in [-0.2, -0.15) is 11.8 Å². The van der Waals surface area contributed by atoms with Crippen molar-refractivity contribution in [2.45, 2.75) is 33.0 Å². The van der Waals surface area contributed by atoms with E-state index >= 15 is 0 Å². The second-order valence-corrected chi connectivity index (χ2v) is 5.27. The molecular weight excluding hydrogens is 186 g/mol.